The quantitative estimate of drug-likeness (QED) is 0.581. The lowest BCUT2D eigenvalue weighted by atomic mass is 10.4. The topological polar surface area (TPSA) is 117 Å². The van der Waals surface area contributed by atoms with Crippen molar-refractivity contribution in [3.8, 4) is 0 Å². The summed E-state index contributed by atoms with van der Waals surface area (Å²) in [6, 6.07) is 1.26. The van der Waals surface area contributed by atoms with Crippen molar-refractivity contribution in [1.29, 1.82) is 0 Å². The van der Waals surface area contributed by atoms with E-state index in [1.165, 1.54) is 6.07 Å². The molecule has 1 aromatic heterocycles. The summed E-state index contributed by atoms with van der Waals surface area (Å²) in [5, 5.41) is 2.88. The van der Waals surface area contributed by atoms with Crippen molar-refractivity contribution < 1.29 is 16.8 Å². The Morgan fingerprint density at radius 3 is 2.30 bits per heavy atom. The number of hydrogen-bond donors (Lipinski definition) is 3. The molecule has 0 saturated heterocycles. The molecular formula is C9H15ClN4O4S2. The van der Waals surface area contributed by atoms with E-state index in [4.69, 9.17) is 11.6 Å². The summed E-state index contributed by atoms with van der Waals surface area (Å²) in [6.07, 6.45) is 2.14. The third-order valence-electron chi connectivity index (χ3n) is 2.14. The molecule has 0 aliphatic carbocycles. The molecular weight excluding hydrogens is 328 g/mol. The van der Waals surface area contributed by atoms with E-state index in [0.717, 1.165) is 12.5 Å². The molecule has 8 nitrogen and oxygen atoms in total. The smallest absolute Gasteiger partial charge is 0.242 e. The first-order chi connectivity index (χ1) is 9.15. The molecule has 0 aliphatic heterocycles. The number of sulfonamides is 2. The average Bonchev–Trinajstić information content (AvgIpc) is 2.33. The predicted octanol–water partition coefficient (Wildman–Crippen LogP) is -0.396. The lowest BCUT2D eigenvalue weighted by Crippen LogP contribution is -2.34. The van der Waals surface area contributed by atoms with Gasteiger partial charge in [0, 0.05) is 26.3 Å². The van der Waals surface area contributed by atoms with Crippen LogP contribution in [-0.2, 0) is 20.0 Å². The summed E-state index contributed by atoms with van der Waals surface area (Å²) < 4.78 is 49.8. The van der Waals surface area contributed by atoms with E-state index >= 15 is 0 Å². The molecule has 0 aliphatic rings. The lowest BCUT2D eigenvalue weighted by molar-refractivity contribution is 0.573. The largest absolute Gasteiger partial charge is 0.372 e. The van der Waals surface area contributed by atoms with Crippen LogP contribution in [0.25, 0.3) is 0 Å². The highest BCUT2D eigenvalue weighted by molar-refractivity contribution is 7.89. The van der Waals surface area contributed by atoms with E-state index in [9.17, 15) is 16.8 Å². The predicted molar refractivity (Wildman–Crippen MR) is 76.8 cm³/mol. The van der Waals surface area contributed by atoms with Crippen LogP contribution in [-0.4, -0.2) is 48.2 Å². The van der Waals surface area contributed by atoms with Crippen LogP contribution < -0.4 is 14.8 Å². The minimum Gasteiger partial charge on any atom is -0.372 e. The fourth-order valence-electron chi connectivity index (χ4n) is 1.26. The van der Waals surface area contributed by atoms with Crippen LogP contribution in [0.5, 0.6) is 0 Å². The average molecular weight is 343 g/mol. The summed E-state index contributed by atoms with van der Waals surface area (Å²) >= 11 is 5.85. The summed E-state index contributed by atoms with van der Waals surface area (Å²) in [6.45, 7) is -0.130. The molecule has 1 aromatic rings. The molecule has 0 saturated carbocycles. The second kappa shape index (κ2) is 6.68. The Kier molecular flexibility index (Phi) is 5.71. The van der Waals surface area contributed by atoms with Gasteiger partial charge in [0.05, 0.1) is 11.3 Å². The molecule has 1 heterocycles. The number of anilines is 1. The third kappa shape index (κ3) is 5.21. The summed E-state index contributed by atoms with van der Waals surface area (Å²) in [5.74, 6) is 0.365. The number of halogens is 1. The summed E-state index contributed by atoms with van der Waals surface area (Å²) in [7, 11) is -5.53. The Bertz CT molecular complexity index is 675. The number of nitrogens with zero attached hydrogens (tertiary/aromatic N) is 1. The molecule has 3 N–H and O–H groups in total. The van der Waals surface area contributed by atoms with Gasteiger partial charge >= 0.3 is 0 Å². The second-order valence-corrected chi connectivity index (χ2v) is 7.82. The number of hydrogen-bond acceptors (Lipinski definition) is 6. The highest BCUT2D eigenvalue weighted by Gasteiger charge is 2.16. The van der Waals surface area contributed by atoms with Crippen molar-refractivity contribution in [2.75, 3.05) is 31.7 Å². The molecule has 0 spiro atoms. The van der Waals surface area contributed by atoms with Gasteiger partial charge in [0.15, 0.2) is 0 Å². The zero-order valence-corrected chi connectivity index (χ0v) is 13.2. The minimum absolute atomic E-state index is 0.0478. The van der Waals surface area contributed by atoms with Gasteiger partial charge < -0.3 is 5.32 Å². The molecule has 20 heavy (non-hydrogen) atoms. The van der Waals surface area contributed by atoms with Gasteiger partial charge in [0.1, 0.15) is 10.7 Å². The van der Waals surface area contributed by atoms with Gasteiger partial charge in [-0.3, -0.25) is 0 Å². The van der Waals surface area contributed by atoms with Crippen LogP contribution in [0.15, 0.2) is 17.2 Å². The normalized spacial score (nSPS) is 12.3. The Morgan fingerprint density at radius 1 is 1.20 bits per heavy atom. The van der Waals surface area contributed by atoms with Crippen LogP contribution in [0.3, 0.4) is 0 Å². The fourth-order valence-corrected chi connectivity index (χ4v) is 3.06. The first kappa shape index (κ1) is 17.1. The van der Waals surface area contributed by atoms with E-state index < -0.39 is 20.0 Å². The zero-order valence-electron chi connectivity index (χ0n) is 10.8. The van der Waals surface area contributed by atoms with E-state index in [2.05, 4.69) is 19.7 Å². The number of aromatic nitrogens is 1. The molecule has 1 rings (SSSR count). The van der Waals surface area contributed by atoms with Crippen LogP contribution in [0, 0.1) is 0 Å². The third-order valence-corrected chi connectivity index (χ3v) is 4.59. The van der Waals surface area contributed by atoms with Gasteiger partial charge in [-0.05, 0) is 6.07 Å². The molecule has 11 heteroatoms. The van der Waals surface area contributed by atoms with Gasteiger partial charge in [0.25, 0.3) is 0 Å². The van der Waals surface area contributed by atoms with Gasteiger partial charge in [-0.2, -0.15) is 0 Å². The molecule has 0 bridgehead atoms. The molecule has 114 valence electrons. The molecule has 0 radical (unpaired) electrons. The summed E-state index contributed by atoms with van der Waals surface area (Å²) in [5.41, 5.74) is 0. The van der Waals surface area contributed by atoms with E-state index in [1.807, 2.05) is 0 Å². The monoisotopic (exact) mass is 342 g/mol. The maximum Gasteiger partial charge on any atom is 0.242 e. The molecule has 0 atom stereocenters. The Hall–Kier alpha value is -0.940. The molecule has 0 fully saturated rings. The maximum atomic E-state index is 11.9. The Morgan fingerprint density at radius 2 is 1.80 bits per heavy atom. The zero-order chi connectivity index (χ0) is 15.4. The van der Waals surface area contributed by atoms with Crippen LogP contribution in [0.4, 0.5) is 5.82 Å². The standard InChI is InChI=1S/C9H15ClN4O4S2/c1-11-9-8(10)5-7(6-12-9)20(17,18)14-4-3-13-19(2,15)16/h5-6,13-14H,3-4H2,1-2H3,(H,11,12). The number of nitrogens with one attached hydrogen (secondary N) is 3. The van der Waals surface area contributed by atoms with Crippen molar-refractivity contribution in [3.05, 3.63) is 17.3 Å². The first-order valence-corrected chi connectivity index (χ1v) is 9.18. The Balaban J connectivity index is 2.72. The minimum atomic E-state index is -3.79. The van der Waals surface area contributed by atoms with Gasteiger partial charge in [-0.15, -0.1) is 0 Å². The molecule has 0 amide bonds. The van der Waals surface area contributed by atoms with Crippen LogP contribution >= 0.6 is 11.6 Å². The highest BCUT2D eigenvalue weighted by Crippen LogP contribution is 2.21. The van der Waals surface area contributed by atoms with Crippen molar-refractivity contribution in [2.45, 2.75) is 4.90 Å². The molecule has 0 unspecified atom stereocenters. The van der Waals surface area contributed by atoms with E-state index in [0.29, 0.717) is 5.82 Å². The van der Waals surface area contributed by atoms with Crippen molar-refractivity contribution in [2.24, 2.45) is 0 Å². The van der Waals surface area contributed by atoms with Crippen molar-refractivity contribution in [1.82, 2.24) is 14.4 Å². The van der Waals surface area contributed by atoms with Gasteiger partial charge in [0.2, 0.25) is 20.0 Å². The SMILES string of the molecule is CNc1ncc(S(=O)(=O)NCCNS(C)(=O)=O)cc1Cl. The second-order valence-electron chi connectivity index (χ2n) is 3.82. The van der Waals surface area contributed by atoms with Gasteiger partial charge in [-0.25, -0.2) is 31.3 Å². The van der Waals surface area contributed by atoms with Crippen molar-refractivity contribution >= 4 is 37.5 Å². The van der Waals surface area contributed by atoms with Crippen LogP contribution in [0.2, 0.25) is 5.02 Å². The van der Waals surface area contributed by atoms with Crippen LogP contribution in [0.1, 0.15) is 0 Å². The maximum absolute atomic E-state index is 11.9. The highest BCUT2D eigenvalue weighted by atomic mass is 35.5. The fraction of sp³-hybridized carbons (Fsp3) is 0.444. The number of pyridine rings is 1. The van der Waals surface area contributed by atoms with E-state index in [-0.39, 0.29) is 23.0 Å². The number of rotatable bonds is 7. The van der Waals surface area contributed by atoms with Crippen molar-refractivity contribution in [3.63, 3.8) is 0 Å². The van der Waals surface area contributed by atoms with Gasteiger partial charge in [-0.1, -0.05) is 11.6 Å². The summed E-state index contributed by atoms with van der Waals surface area (Å²) in [4.78, 5) is 3.76. The first-order valence-electron chi connectivity index (χ1n) is 5.43. The van der Waals surface area contributed by atoms with E-state index in [1.54, 1.807) is 7.05 Å². The lowest BCUT2D eigenvalue weighted by Gasteiger charge is -2.08. The molecule has 0 aromatic carbocycles. The Labute approximate surface area is 123 Å².